The molecule has 1 fully saturated rings. The van der Waals surface area contributed by atoms with Crippen LogP contribution in [0.3, 0.4) is 0 Å². The Labute approximate surface area is 97.3 Å². The smallest absolute Gasteiger partial charge is 0.405 e. The zero-order valence-electron chi connectivity index (χ0n) is 10.8. The highest BCUT2D eigenvalue weighted by atomic mass is 16.6. The van der Waals surface area contributed by atoms with Crippen LogP contribution in [0, 0.1) is 0 Å². The predicted octanol–water partition coefficient (Wildman–Crippen LogP) is 0.999. The van der Waals surface area contributed by atoms with Crippen molar-refractivity contribution in [1.82, 2.24) is 5.32 Å². The van der Waals surface area contributed by atoms with Crippen molar-refractivity contribution in [3.8, 4) is 0 Å². The Morgan fingerprint density at radius 1 is 1.56 bits per heavy atom. The highest BCUT2D eigenvalue weighted by Gasteiger charge is 2.29. The number of rotatable bonds is 0. The monoisotopic (exact) mass is 232 g/mol. The first-order valence-corrected chi connectivity index (χ1v) is 5.46. The van der Waals surface area contributed by atoms with E-state index in [1.54, 1.807) is 20.8 Å². The third kappa shape index (κ3) is 8.49. The zero-order valence-corrected chi connectivity index (χ0v) is 10.8. The maximum absolute atomic E-state index is 10.0. The fourth-order valence-corrected chi connectivity index (χ4v) is 1.50. The summed E-state index contributed by atoms with van der Waals surface area (Å²) in [5.74, 6) is 0. The number of primary amides is 1. The first-order valence-electron chi connectivity index (χ1n) is 5.46. The van der Waals surface area contributed by atoms with E-state index >= 15 is 0 Å². The average Bonchev–Trinajstić information content (AvgIpc) is 2.24. The van der Waals surface area contributed by atoms with Gasteiger partial charge in [0, 0.05) is 12.6 Å². The van der Waals surface area contributed by atoms with Crippen molar-refractivity contribution < 1.29 is 14.6 Å². The molecule has 0 unspecified atom stereocenters. The lowest BCUT2D eigenvalue weighted by Gasteiger charge is -2.16. The van der Waals surface area contributed by atoms with Gasteiger partial charge in [0.05, 0.1) is 5.60 Å². The summed E-state index contributed by atoms with van der Waals surface area (Å²) in [6.45, 7) is 9.98. The molecule has 1 aliphatic heterocycles. The Bertz CT molecular complexity index is 234. The molecule has 0 bridgehead atoms. The van der Waals surface area contributed by atoms with Gasteiger partial charge in [-0.25, -0.2) is 4.79 Å². The summed E-state index contributed by atoms with van der Waals surface area (Å²) in [6, 6.07) is 0.491. The van der Waals surface area contributed by atoms with E-state index in [2.05, 4.69) is 17.0 Å². The van der Waals surface area contributed by atoms with Crippen LogP contribution in [-0.2, 0) is 4.74 Å². The maximum Gasteiger partial charge on any atom is 0.405 e. The van der Waals surface area contributed by atoms with Crippen molar-refractivity contribution in [3.05, 3.63) is 0 Å². The second kappa shape index (κ2) is 5.50. The van der Waals surface area contributed by atoms with E-state index in [1.165, 1.54) is 0 Å². The predicted molar refractivity (Wildman–Crippen MR) is 63.1 cm³/mol. The molecule has 4 N–H and O–H groups in total. The van der Waals surface area contributed by atoms with Gasteiger partial charge in [-0.15, -0.1) is 0 Å². The lowest BCUT2D eigenvalue weighted by atomic mass is 10.0. The summed E-state index contributed by atoms with van der Waals surface area (Å²) in [7, 11) is 0. The minimum Gasteiger partial charge on any atom is -0.444 e. The Kier molecular flexibility index (Phi) is 5.22. The van der Waals surface area contributed by atoms with E-state index in [0.717, 1.165) is 13.0 Å². The standard InChI is InChI=1S/C6H13NO.C5H11NO2/c1-5-3-6(2,8)4-7-5;1-5(2,3)8-4(6)7/h5,7-8H,3-4H2,1-2H3;1-3H3,(H2,6,7)/t5-,6+;/m1./s1. The highest BCUT2D eigenvalue weighted by Crippen LogP contribution is 2.16. The van der Waals surface area contributed by atoms with Crippen molar-refractivity contribution in [2.24, 2.45) is 5.73 Å². The molecule has 1 amide bonds. The van der Waals surface area contributed by atoms with Crippen LogP contribution in [-0.4, -0.2) is 35.0 Å². The SMILES string of the molecule is CC(C)(C)OC(N)=O.C[C@@H]1C[C@](C)(O)CN1. The summed E-state index contributed by atoms with van der Waals surface area (Å²) in [6.07, 6.45) is 0.157. The number of hydrogen-bond donors (Lipinski definition) is 3. The molecule has 0 radical (unpaired) electrons. The number of amides is 1. The number of nitrogens with two attached hydrogens (primary N) is 1. The number of ether oxygens (including phenoxy) is 1. The van der Waals surface area contributed by atoms with Crippen LogP contribution < -0.4 is 11.1 Å². The molecular formula is C11H24N2O3. The van der Waals surface area contributed by atoms with Crippen LogP contribution in [0.2, 0.25) is 0 Å². The first-order chi connectivity index (χ1) is 7.02. The molecule has 0 spiro atoms. The van der Waals surface area contributed by atoms with E-state index in [0.29, 0.717) is 6.04 Å². The molecule has 5 heteroatoms. The third-order valence-corrected chi connectivity index (χ3v) is 1.98. The molecule has 0 aliphatic carbocycles. The van der Waals surface area contributed by atoms with E-state index in [4.69, 9.17) is 5.73 Å². The number of aliphatic hydroxyl groups is 1. The van der Waals surface area contributed by atoms with Gasteiger partial charge in [-0.05, 0) is 41.0 Å². The molecule has 16 heavy (non-hydrogen) atoms. The van der Waals surface area contributed by atoms with Crippen LogP contribution in [0.25, 0.3) is 0 Å². The molecule has 0 aromatic heterocycles. The summed E-state index contributed by atoms with van der Waals surface area (Å²) < 4.78 is 4.58. The quantitative estimate of drug-likeness (QED) is 0.581. The lowest BCUT2D eigenvalue weighted by Crippen LogP contribution is -2.27. The largest absolute Gasteiger partial charge is 0.444 e. The second-order valence-corrected chi connectivity index (χ2v) is 5.52. The number of carbonyl (C=O) groups excluding carboxylic acids is 1. The molecule has 0 aromatic rings. The summed E-state index contributed by atoms with van der Waals surface area (Å²) in [4.78, 5) is 10.0. The fraction of sp³-hybridized carbons (Fsp3) is 0.909. The van der Waals surface area contributed by atoms with Gasteiger partial charge in [0.15, 0.2) is 0 Å². The van der Waals surface area contributed by atoms with Gasteiger partial charge in [0.25, 0.3) is 0 Å². The van der Waals surface area contributed by atoms with E-state index < -0.39 is 17.3 Å². The molecule has 1 aliphatic rings. The maximum atomic E-state index is 10.0. The Hall–Kier alpha value is -0.810. The van der Waals surface area contributed by atoms with E-state index in [9.17, 15) is 9.90 Å². The highest BCUT2D eigenvalue weighted by molar-refractivity contribution is 5.65. The van der Waals surface area contributed by atoms with Gasteiger partial charge in [0.2, 0.25) is 0 Å². The minimum absolute atomic E-state index is 0.445. The lowest BCUT2D eigenvalue weighted by molar-refractivity contribution is 0.0599. The van der Waals surface area contributed by atoms with Crippen LogP contribution in [0.5, 0.6) is 0 Å². The Morgan fingerprint density at radius 2 is 2.06 bits per heavy atom. The van der Waals surface area contributed by atoms with E-state index in [1.807, 2.05) is 6.92 Å². The number of β-amino-alcohol motifs (C(OH)–C–C–N with tert-alkyl or cyclic N) is 1. The van der Waals surface area contributed by atoms with Gasteiger partial charge in [-0.2, -0.15) is 0 Å². The van der Waals surface area contributed by atoms with Gasteiger partial charge in [-0.3, -0.25) is 0 Å². The van der Waals surface area contributed by atoms with Crippen molar-refractivity contribution >= 4 is 6.09 Å². The fourth-order valence-electron chi connectivity index (χ4n) is 1.50. The normalized spacial score (nSPS) is 29.2. The molecule has 0 aromatic carbocycles. The number of nitrogens with one attached hydrogen (secondary N) is 1. The first kappa shape index (κ1) is 15.2. The third-order valence-electron chi connectivity index (χ3n) is 1.98. The molecular weight excluding hydrogens is 208 g/mol. The Balaban J connectivity index is 0.000000281. The topological polar surface area (TPSA) is 84.6 Å². The van der Waals surface area contributed by atoms with Crippen molar-refractivity contribution in [2.45, 2.75) is 58.3 Å². The zero-order chi connectivity index (χ0) is 13.0. The summed E-state index contributed by atoms with van der Waals surface area (Å²) in [5, 5.41) is 12.5. The molecule has 96 valence electrons. The average molecular weight is 232 g/mol. The van der Waals surface area contributed by atoms with Crippen LogP contribution in [0.15, 0.2) is 0 Å². The van der Waals surface area contributed by atoms with Crippen LogP contribution in [0.4, 0.5) is 4.79 Å². The number of carbonyl (C=O) groups is 1. The van der Waals surface area contributed by atoms with Gasteiger partial charge in [-0.1, -0.05) is 0 Å². The molecule has 1 saturated heterocycles. The van der Waals surface area contributed by atoms with Gasteiger partial charge in [0.1, 0.15) is 5.60 Å². The van der Waals surface area contributed by atoms with Gasteiger partial charge < -0.3 is 20.9 Å². The molecule has 2 atom stereocenters. The van der Waals surface area contributed by atoms with Crippen molar-refractivity contribution in [3.63, 3.8) is 0 Å². The molecule has 1 rings (SSSR count). The number of hydrogen-bond acceptors (Lipinski definition) is 4. The molecule has 1 heterocycles. The second-order valence-electron chi connectivity index (χ2n) is 5.52. The minimum atomic E-state index is -0.725. The van der Waals surface area contributed by atoms with Crippen molar-refractivity contribution in [2.75, 3.05) is 6.54 Å². The van der Waals surface area contributed by atoms with Crippen molar-refractivity contribution in [1.29, 1.82) is 0 Å². The summed E-state index contributed by atoms with van der Waals surface area (Å²) in [5.41, 5.74) is 3.82. The van der Waals surface area contributed by atoms with Gasteiger partial charge >= 0.3 is 6.09 Å². The summed E-state index contributed by atoms with van der Waals surface area (Å²) >= 11 is 0. The van der Waals surface area contributed by atoms with Crippen LogP contribution >= 0.6 is 0 Å². The molecule has 5 nitrogen and oxygen atoms in total. The van der Waals surface area contributed by atoms with Crippen LogP contribution in [0.1, 0.15) is 41.0 Å². The Morgan fingerprint density at radius 3 is 2.12 bits per heavy atom. The molecule has 0 saturated carbocycles. The van der Waals surface area contributed by atoms with E-state index in [-0.39, 0.29) is 0 Å².